The van der Waals surface area contributed by atoms with Crippen LogP contribution >= 0.6 is 0 Å². The summed E-state index contributed by atoms with van der Waals surface area (Å²) in [6.07, 6.45) is 5.27. The molecule has 1 atom stereocenters. The van der Waals surface area contributed by atoms with Crippen molar-refractivity contribution in [1.29, 1.82) is 0 Å². The van der Waals surface area contributed by atoms with Crippen LogP contribution in [-0.2, 0) is 9.47 Å². The summed E-state index contributed by atoms with van der Waals surface area (Å²) in [7, 11) is 0. The van der Waals surface area contributed by atoms with Gasteiger partial charge in [-0.2, -0.15) is 0 Å². The number of morpholine rings is 1. The second-order valence-electron chi connectivity index (χ2n) is 8.49. The number of fused-ring (bicyclic) bond motifs is 1. The van der Waals surface area contributed by atoms with E-state index in [4.69, 9.17) is 9.47 Å². The molecule has 2 aromatic carbocycles. The van der Waals surface area contributed by atoms with E-state index in [1.807, 2.05) is 50.3 Å². The van der Waals surface area contributed by atoms with Gasteiger partial charge < -0.3 is 14.4 Å². The Hall–Kier alpha value is -3.58. The fourth-order valence-electron chi connectivity index (χ4n) is 4.18. The maximum atomic E-state index is 15.1. The Morgan fingerprint density at radius 1 is 1.20 bits per heavy atom. The zero-order valence-corrected chi connectivity index (χ0v) is 20.5. The van der Waals surface area contributed by atoms with E-state index in [1.54, 1.807) is 6.08 Å². The van der Waals surface area contributed by atoms with E-state index in [2.05, 4.69) is 33.5 Å². The van der Waals surface area contributed by atoms with E-state index in [9.17, 15) is 0 Å². The van der Waals surface area contributed by atoms with E-state index in [0.717, 1.165) is 40.8 Å². The van der Waals surface area contributed by atoms with Gasteiger partial charge in [-0.3, -0.25) is 0 Å². The van der Waals surface area contributed by atoms with Gasteiger partial charge in [-0.1, -0.05) is 24.6 Å². The molecule has 0 aliphatic carbocycles. The SMILES string of the molecule is C=N/C(=C\C=C(/C)C(C)c1ccc(F)c(-c2ncnc3cc(N4CCOCC4)ccc23)c1)OCC. The summed E-state index contributed by atoms with van der Waals surface area (Å²) in [5.74, 6) is 0.219. The molecule has 0 saturated carbocycles. The highest BCUT2D eigenvalue weighted by Gasteiger charge is 2.17. The molecule has 1 saturated heterocycles. The van der Waals surface area contributed by atoms with Gasteiger partial charge in [0.05, 0.1) is 31.0 Å². The van der Waals surface area contributed by atoms with Crippen LogP contribution in [0.1, 0.15) is 32.3 Å². The number of aromatic nitrogens is 2. The van der Waals surface area contributed by atoms with Gasteiger partial charge in [0.1, 0.15) is 12.1 Å². The smallest absolute Gasteiger partial charge is 0.212 e. The number of hydrogen-bond acceptors (Lipinski definition) is 6. The van der Waals surface area contributed by atoms with Crippen LogP contribution < -0.4 is 4.90 Å². The zero-order valence-electron chi connectivity index (χ0n) is 20.5. The monoisotopic (exact) mass is 474 g/mol. The van der Waals surface area contributed by atoms with Crippen molar-refractivity contribution in [2.75, 3.05) is 37.8 Å². The highest BCUT2D eigenvalue weighted by molar-refractivity contribution is 5.94. The highest BCUT2D eigenvalue weighted by atomic mass is 19.1. The molecular weight excluding hydrogens is 443 g/mol. The van der Waals surface area contributed by atoms with Crippen molar-refractivity contribution in [3.8, 4) is 11.3 Å². The number of rotatable bonds is 8. The molecule has 182 valence electrons. The lowest BCUT2D eigenvalue weighted by molar-refractivity contribution is 0.122. The minimum Gasteiger partial charge on any atom is -0.478 e. The maximum Gasteiger partial charge on any atom is 0.212 e. The summed E-state index contributed by atoms with van der Waals surface area (Å²) < 4.78 is 25.9. The topological polar surface area (TPSA) is 59.8 Å². The molecule has 3 aromatic rings. The van der Waals surface area contributed by atoms with Gasteiger partial charge >= 0.3 is 0 Å². The number of benzene rings is 2. The van der Waals surface area contributed by atoms with Crippen molar-refractivity contribution in [3.63, 3.8) is 0 Å². The first-order valence-electron chi connectivity index (χ1n) is 11.9. The molecule has 35 heavy (non-hydrogen) atoms. The van der Waals surface area contributed by atoms with E-state index in [0.29, 0.717) is 37.0 Å². The zero-order chi connectivity index (χ0) is 24.8. The Bertz CT molecular complexity index is 1270. The molecule has 1 fully saturated rings. The van der Waals surface area contributed by atoms with Crippen LogP contribution in [0.15, 0.2) is 71.3 Å². The number of ether oxygens (including phenoxy) is 2. The van der Waals surface area contributed by atoms with Gasteiger partial charge in [-0.25, -0.2) is 19.4 Å². The van der Waals surface area contributed by atoms with E-state index < -0.39 is 0 Å². The van der Waals surface area contributed by atoms with Crippen molar-refractivity contribution in [2.24, 2.45) is 4.99 Å². The standard InChI is InChI=1S/C28H31FN4O2/c1-5-35-27(30-4)11-6-19(2)20(3)21-7-10-25(29)24(16-21)28-23-9-8-22(17-26(23)31-18-32-28)33-12-14-34-15-13-33/h6-11,16-18,20H,4-5,12-15H2,1-3H3/b19-6+,27-11+. The molecule has 1 aliphatic rings. The van der Waals surface area contributed by atoms with Gasteiger partial charge in [0.2, 0.25) is 5.88 Å². The predicted octanol–water partition coefficient (Wildman–Crippen LogP) is 5.90. The molecule has 2 heterocycles. The number of hydrogen-bond donors (Lipinski definition) is 0. The summed E-state index contributed by atoms with van der Waals surface area (Å²) in [5.41, 5.74) is 5.01. The summed E-state index contributed by atoms with van der Waals surface area (Å²) in [6.45, 7) is 13.2. The van der Waals surface area contributed by atoms with Crippen molar-refractivity contribution >= 4 is 23.3 Å². The van der Waals surface area contributed by atoms with Crippen LogP contribution in [0.4, 0.5) is 10.1 Å². The first kappa shape index (κ1) is 24.5. The third-order valence-electron chi connectivity index (χ3n) is 6.36. The molecule has 0 N–H and O–H groups in total. The van der Waals surface area contributed by atoms with Crippen LogP contribution in [0.25, 0.3) is 22.2 Å². The predicted molar refractivity (Wildman–Crippen MR) is 139 cm³/mol. The molecule has 1 aromatic heterocycles. The van der Waals surface area contributed by atoms with Gasteiger partial charge in [0.25, 0.3) is 0 Å². The van der Waals surface area contributed by atoms with Crippen molar-refractivity contribution in [1.82, 2.24) is 9.97 Å². The fourth-order valence-corrected chi connectivity index (χ4v) is 4.18. The van der Waals surface area contributed by atoms with Crippen molar-refractivity contribution < 1.29 is 13.9 Å². The minimum atomic E-state index is -0.311. The van der Waals surface area contributed by atoms with E-state index >= 15 is 4.39 Å². The first-order valence-corrected chi connectivity index (χ1v) is 11.9. The van der Waals surface area contributed by atoms with Crippen LogP contribution in [0.3, 0.4) is 0 Å². The Labute approximate surface area is 205 Å². The maximum absolute atomic E-state index is 15.1. The quantitative estimate of drug-likeness (QED) is 0.231. The summed E-state index contributed by atoms with van der Waals surface area (Å²) in [5, 5.41) is 0.821. The Morgan fingerprint density at radius 2 is 2.00 bits per heavy atom. The highest BCUT2D eigenvalue weighted by Crippen LogP contribution is 2.33. The van der Waals surface area contributed by atoms with Crippen LogP contribution in [0, 0.1) is 5.82 Å². The number of halogens is 1. The summed E-state index contributed by atoms with van der Waals surface area (Å²) in [4.78, 5) is 15.1. The summed E-state index contributed by atoms with van der Waals surface area (Å²) >= 11 is 0. The number of allylic oxidation sites excluding steroid dienone is 3. The molecule has 4 rings (SSSR count). The molecular formula is C28H31FN4O2. The second kappa shape index (κ2) is 11.2. The van der Waals surface area contributed by atoms with Crippen LogP contribution in [-0.4, -0.2) is 49.6 Å². The average Bonchev–Trinajstić information content (AvgIpc) is 2.90. The van der Waals surface area contributed by atoms with E-state index in [1.165, 1.54) is 12.4 Å². The van der Waals surface area contributed by atoms with Crippen molar-refractivity contribution in [3.05, 3.63) is 77.7 Å². The van der Waals surface area contributed by atoms with Gasteiger partial charge in [-0.15, -0.1) is 0 Å². The third-order valence-corrected chi connectivity index (χ3v) is 6.36. The molecule has 0 amide bonds. The van der Waals surface area contributed by atoms with Gasteiger partial charge in [0.15, 0.2) is 0 Å². The largest absolute Gasteiger partial charge is 0.478 e. The Morgan fingerprint density at radius 3 is 2.74 bits per heavy atom. The van der Waals surface area contributed by atoms with Gasteiger partial charge in [-0.05, 0) is 56.5 Å². The van der Waals surface area contributed by atoms with Crippen LogP contribution in [0.5, 0.6) is 0 Å². The number of aliphatic imine (C=N–C) groups is 1. The number of anilines is 1. The van der Waals surface area contributed by atoms with Crippen molar-refractivity contribution in [2.45, 2.75) is 26.7 Å². The third kappa shape index (κ3) is 5.57. The molecule has 6 nitrogen and oxygen atoms in total. The molecule has 1 unspecified atom stereocenters. The fraction of sp³-hybridized carbons (Fsp3) is 0.321. The molecule has 0 radical (unpaired) electrons. The van der Waals surface area contributed by atoms with Gasteiger partial charge in [0, 0.05) is 41.7 Å². The minimum absolute atomic E-state index is 0.0549. The second-order valence-corrected chi connectivity index (χ2v) is 8.49. The molecule has 0 bridgehead atoms. The normalized spacial score (nSPS) is 15.8. The Kier molecular flexibility index (Phi) is 7.87. The van der Waals surface area contributed by atoms with E-state index in [-0.39, 0.29) is 11.7 Å². The Balaban J connectivity index is 1.67. The summed E-state index contributed by atoms with van der Waals surface area (Å²) in [6, 6.07) is 11.3. The first-order chi connectivity index (χ1) is 17.0. The lowest BCUT2D eigenvalue weighted by Gasteiger charge is -2.29. The number of nitrogens with zero attached hydrogens (tertiary/aromatic N) is 4. The lowest BCUT2D eigenvalue weighted by Crippen LogP contribution is -2.36. The molecule has 1 aliphatic heterocycles. The lowest BCUT2D eigenvalue weighted by atomic mass is 9.91. The van der Waals surface area contributed by atoms with Crippen LogP contribution in [0.2, 0.25) is 0 Å². The molecule has 7 heteroatoms. The average molecular weight is 475 g/mol. The molecule has 0 spiro atoms.